The molecule has 1 aromatic carbocycles. The van der Waals surface area contributed by atoms with Crippen molar-refractivity contribution < 1.29 is 18.0 Å². The van der Waals surface area contributed by atoms with E-state index in [-0.39, 0.29) is 30.2 Å². The Balaban J connectivity index is 1.80. The first kappa shape index (κ1) is 20.9. The maximum atomic E-state index is 12.8. The molecule has 0 spiro atoms. The van der Waals surface area contributed by atoms with Crippen LogP contribution in [-0.2, 0) is 19.3 Å². The number of nitrogens with zero attached hydrogens (tertiary/aromatic N) is 3. The molecular formula is C18H17F3N6O3. The van der Waals surface area contributed by atoms with Gasteiger partial charge in [-0.1, -0.05) is 12.1 Å². The lowest BCUT2D eigenvalue weighted by Gasteiger charge is -2.09. The van der Waals surface area contributed by atoms with Crippen molar-refractivity contribution in [3.8, 4) is 0 Å². The van der Waals surface area contributed by atoms with Gasteiger partial charge in [-0.3, -0.25) is 23.8 Å². The molecule has 3 rings (SSSR count). The van der Waals surface area contributed by atoms with Crippen molar-refractivity contribution in [3.05, 3.63) is 74.2 Å². The van der Waals surface area contributed by atoms with Crippen molar-refractivity contribution in [2.24, 2.45) is 0 Å². The number of amides is 1. The second-order valence-electron chi connectivity index (χ2n) is 6.35. The number of halogens is 3. The summed E-state index contributed by atoms with van der Waals surface area (Å²) < 4.78 is 40.6. The number of nitrogens with two attached hydrogens (primary N) is 1. The Morgan fingerprint density at radius 3 is 2.70 bits per heavy atom. The molecule has 0 atom stereocenters. The van der Waals surface area contributed by atoms with Crippen LogP contribution in [0.4, 0.5) is 24.7 Å². The highest BCUT2D eigenvalue weighted by Crippen LogP contribution is 2.29. The lowest BCUT2D eigenvalue weighted by molar-refractivity contribution is -0.137. The van der Waals surface area contributed by atoms with Crippen molar-refractivity contribution >= 4 is 17.4 Å². The van der Waals surface area contributed by atoms with Crippen LogP contribution in [0.3, 0.4) is 0 Å². The first-order valence-corrected chi connectivity index (χ1v) is 8.72. The van der Waals surface area contributed by atoms with E-state index >= 15 is 0 Å². The summed E-state index contributed by atoms with van der Waals surface area (Å²) in [5.41, 5.74) is 3.49. The van der Waals surface area contributed by atoms with Gasteiger partial charge in [0.15, 0.2) is 0 Å². The van der Waals surface area contributed by atoms with Crippen molar-refractivity contribution in [1.82, 2.24) is 19.3 Å². The van der Waals surface area contributed by atoms with E-state index in [1.54, 1.807) is 6.92 Å². The summed E-state index contributed by atoms with van der Waals surface area (Å²) >= 11 is 0. The third-order valence-corrected chi connectivity index (χ3v) is 4.26. The van der Waals surface area contributed by atoms with E-state index in [0.717, 1.165) is 16.7 Å². The van der Waals surface area contributed by atoms with Crippen molar-refractivity contribution in [3.63, 3.8) is 0 Å². The van der Waals surface area contributed by atoms with Crippen LogP contribution >= 0.6 is 0 Å². The second-order valence-corrected chi connectivity index (χ2v) is 6.35. The van der Waals surface area contributed by atoms with E-state index in [2.05, 4.69) is 15.4 Å². The minimum absolute atomic E-state index is 0.000631. The largest absolute Gasteiger partial charge is 0.416 e. The summed E-state index contributed by atoms with van der Waals surface area (Å²) in [4.78, 5) is 38.7. The van der Waals surface area contributed by atoms with Gasteiger partial charge in [0.2, 0.25) is 0 Å². The van der Waals surface area contributed by atoms with Gasteiger partial charge in [-0.2, -0.15) is 18.3 Å². The number of hydrogen-bond acceptors (Lipinski definition) is 5. The average Bonchev–Trinajstić information content (AvgIpc) is 3.13. The molecule has 2 aromatic heterocycles. The molecule has 0 aliphatic carbocycles. The van der Waals surface area contributed by atoms with Crippen LogP contribution in [0.5, 0.6) is 0 Å². The normalized spacial score (nSPS) is 11.5. The highest BCUT2D eigenvalue weighted by atomic mass is 19.4. The standard InChI is InChI=1S/C18H17F3N6O3/c1-2-27-16(29)13(14(22)25-17(27)30)24-15(28)11-7-23-26(9-11)8-10-4-3-5-12(6-10)18(19,20)21/h3-7,9H,2,8,22H2,1H3,(H,24,28)(H,25,30). The number of benzene rings is 1. The Bertz CT molecular complexity index is 1210. The van der Waals surface area contributed by atoms with Gasteiger partial charge in [-0.05, 0) is 24.6 Å². The molecule has 12 heteroatoms. The molecule has 4 N–H and O–H groups in total. The molecule has 2 heterocycles. The fourth-order valence-corrected chi connectivity index (χ4v) is 2.78. The van der Waals surface area contributed by atoms with E-state index in [4.69, 9.17) is 5.73 Å². The molecule has 0 aliphatic heterocycles. The Hall–Kier alpha value is -3.83. The number of rotatable bonds is 5. The van der Waals surface area contributed by atoms with Crippen LogP contribution in [0.2, 0.25) is 0 Å². The summed E-state index contributed by atoms with van der Waals surface area (Å²) in [7, 11) is 0. The maximum Gasteiger partial charge on any atom is 0.416 e. The molecule has 1 amide bonds. The van der Waals surface area contributed by atoms with Gasteiger partial charge in [0.25, 0.3) is 11.5 Å². The quantitative estimate of drug-likeness (QED) is 0.576. The Morgan fingerprint density at radius 1 is 1.30 bits per heavy atom. The zero-order valence-electron chi connectivity index (χ0n) is 15.7. The number of nitrogens with one attached hydrogen (secondary N) is 2. The monoisotopic (exact) mass is 422 g/mol. The highest BCUT2D eigenvalue weighted by molar-refractivity contribution is 6.05. The van der Waals surface area contributed by atoms with E-state index < -0.39 is 28.9 Å². The molecule has 0 saturated carbocycles. The summed E-state index contributed by atoms with van der Waals surface area (Å²) in [6.45, 7) is 1.66. The van der Waals surface area contributed by atoms with Gasteiger partial charge in [0.05, 0.1) is 23.9 Å². The second kappa shape index (κ2) is 7.89. The average molecular weight is 422 g/mol. The number of hydrogen-bond donors (Lipinski definition) is 3. The maximum absolute atomic E-state index is 12.8. The Labute approximate surface area is 166 Å². The number of aromatic amines is 1. The molecule has 9 nitrogen and oxygen atoms in total. The number of H-pyrrole nitrogens is 1. The van der Waals surface area contributed by atoms with Gasteiger partial charge in [-0.25, -0.2) is 4.79 Å². The first-order chi connectivity index (χ1) is 14.1. The molecule has 0 bridgehead atoms. The van der Waals surface area contributed by atoms with Crippen molar-refractivity contribution in [2.45, 2.75) is 26.2 Å². The van der Waals surface area contributed by atoms with Crippen LogP contribution in [-0.4, -0.2) is 25.2 Å². The molecule has 158 valence electrons. The Kier molecular flexibility index (Phi) is 5.49. The third-order valence-electron chi connectivity index (χ3n) is 4.26. The first-order valence-electron chi connectivity index (χ1n) is 8.72. The molecule has 0 unspecified atom stereocenters. The topological polar surface area (TPSA) is 128 Å². The summed E-state index contributed by atoms with van der Waals surface area (Å²) in [5, 5.41) is 6.29. The zero-order chi connectivity index (χ0) is 22.1. The van der Waals surface area contributed by atoms with Gasteiger partial charge >= 0.3 is 11.9 Å². The van der Waals surface area contributed by atoms with Crippen LogP contribution in [0.25, 0.3) is 0 Å². The number of carbonyl (C=O) groups is 1. The van der Waals surface area contributed by atoms with Gasteiger partial charge < -0.3 is 11.1 Å². The van der Waals surface area contributed by atoms with E-state index in [0.29, 0.717) is 5.56 Å². The van der Waals surface area contributed by atoms with Crippen molar-refractivity contribution in [2.75, 3.05) is 11.1 Å². The van der Waals surface area contributed by atoms with Gasteiger partial charge in [0.1, 0.15) is 11.5 Å². The van der Waals surface area contributed by atoms with Gasteiger partial charge in [-0.15, -0.1) is 0 Å². The number of nitrogen functional groups attached to an aromatic ring is 1. The number of carbonyl (C=O) groups excluding carboxylic acids is 1. The van der Waals surface area contributed by atoms with E-state index in [1.165, 1.54) is 29.2 Å². The fraction of sp³-hybridized carbons (Fsp3) is 0.222. The SMILES string of the molecule is CCn1c(=O)[nH]c(N)c(NC(=O)c2cnn(Cc3cccc(C(F)(F)F)c3)c2)c1=O. The fourth-order valence-electron chi connectivity index (χ4n) is 2.78. The highest BCUT2D eigenvalue weighted by Gasteiger charge is 2.30. The number of aromatic nitrogens is 4. The lowest BCUT2D eigenvalue weighted by Crippen LogP contribution is -2.37. The number of alkyl halides is 3. The molecule has 0 radical (unpaired) electrons. The van der Waals surface area contributed by atoms with Crippen LogP contribution in [0, 0.1) is 0 Å². The minimum Gasteiger partial charge on any atom is -0.383 e. The third kappa shape index (κ3) is 4.26. The summed E-state index contributed by atoms with van der Waals surface area (Å²) in [6, 6.07) is 4.75. The van der Waals surface area contributed by atoms with Crippen molar-refractivity contribution in [1.29, 1.82) is 0 Å². The summed E-state index contributed by atoms with van der Waals surface area (Å²) in [6.07, 6.45) is -1.95. The van der Waals surface area contributed by atoms with Gasteiger partial charge in [0, 0.05) is 12.7 Å². The zero-order valence-corrected chi connectivity index (χ0v) is 15.7. The van der Waals surface area contributed by atoms with Crippen LogP contribution < -0.4 is 22.3 Å². The molecule has 0 saturated heterocycles. The molecule has 30 heavy (non-hydrogen) atoms. The van der Waals surface area contributed by atoms with E-state index in [9.17, 15) is 27.6 Å². The lowest BCUT2D eigenvalue weighted by atomic mass is 10.1. The predicted octanol–water partition coefficient (Wildman–Crippen LogP) is 1.65. The number of anilines is 2. The molecule has 0 aliphatic rings. The Morgan fingerprint density at radius 2 is 2.03 bits per heavy atom. The van der Waals surface area contributed by atoms with Crippen LogP contribution in [0.15, 0.2) is 46.2 Å². The molecule has 0 fully saturated rings. The smallest absolute Gasteiger partial charge is 0.383 e. The predicted molar refractivity (Wildman–Crippen MR) is 102 cm³/mol. The minimum atomic E-state index is -4.47. The van der Waals surface area contributed by atoms with E-state index in [1.807, 2.05) is 0 Å². The molecule has 3 aromatic rings. The van der Waals surface area contributed by atoms with Crippen LogP contribution in [0.1, 0.15) is 28.4 Å². The molecular weight excluding hydrogens is 405 g/mol. The summed E-state index contributed by atoms with van der Waals surface area (Å²) in [5.74, 6) is -1.01.